The van der Waals surface area contributed by atoms with Crippen molar-refractivity contribution in [1.29, 1.82) is 0 Å². The zero-order chi connectivity index (χ0) is 24.6. The summed E-state index contributed by atoms with van der Waals surface area (Å²) in [6.45, 7) is 3.08. The van der Waals surface area contributed by atoms with Gasteiger partial charge in [0.05, 0.1) is 37.4 Å². The van der Waals surface area contributed by atoms with Gasteiger partial charge in [0.15, 0.2) is 11.2 Å². The second kappa shape index (κ2) is 9.33. The predicted octanol–water partition coefficient (Wildman–Crippen LogP) is -0.655. The number of ether oxygens (including phenoxy) is 1. The smallest absolute Gasteiger partial charge is 0.332 e. The Hall–Kier alpha value is -3.00. The molecular weight excluding hydrogens is 466 g/mol. The molecule has 1 atom stereocenters. The summed E-state index contributed by atoms with van der Waals surface area (Å²) in [6.07, 6.45) is -1.28. The third-order valence-corrected chi connectivity index (χ3v) is 7.04. The summed E-state index contributed by atoms with van der Waals surface area (Å²) in [5, 5.41) is 10.7. The summed E-state index contributed by atoms with van der Waals surface area (Å²) < 4.78 is 39.2. The zero-order valence-corrected chi connectivity index (χ0v) is 20.0. The number of aromatic nitrogens is 4. The molecule has 1 saturated heterocycles. The number of hydrogen-bond acceptors (Lipinski definition) is 9. The molecule has 0 aliphatic carbocycles. The summed E-state index contributed by atoms with van der Waals surface area (Å²) in [5.41, 5.74) is 0.119. The number of aliphatic hydroxyl groups is 1. The van der Waals surface area contributed by atoms with Gasteiger partial charge < -0.3 is 19.3 Å². The zero-order valence-electron chi connectivity index (χ0n) is 19.2. The minimum atomic E-state index is -4.07. The van der Waals surface area contributed by atoms with Crippen LogP contribution in [0.3, 0.4) is 0 Å². The molecule has 184 valence electrons. The molecule has 0 saturated carbocycles. The number of fused-ring (bicyclic) bond motifs is 1. The third kappa shape index (κ3) is 4.51. The molecule has 1 aromatic carbocycles. The van der Waals surface area contributed by atoms with E-state index < -0.39 is 34.1 Å². The number of imidazole rings is 1. The van der Waals surface area contributed by atoms with Crippen molar-refractivity contribution < 1.29 is 22.4 Å². The maximum Gasteiger partial charge on any atom is 0.332 e. The van der Waals surface area contributed by atoms with E-state index in [1.807, 2.05) is 11.8 Å². The number of anilines is 1. The molecule has 1 aliphatic rings. The number of benzene rings is 1. The van der Waals surface area contributed by atoms with Gasteiger partial charge in [-0.25, -0.2) is 4.79 Å². The standard InChI is InChI=1S/C21H27N5O7S/c1-14-4-6-16(7-5-14)34(30,31)33-13-15(27)12-26-17-18(23(2)21(29)24(3)19(17)28)22-20(26)25-8-10-32-11-9-25/h4-7,15,27H,8-13H2,1-3H3. The Balaban J connectivity index is 1.66. The van der Waals surface area contributed by atoms with Gasteiger partial charge in [0.1, 0.15) is 0 Å². The highest BCUT2D eigenvalue weighted by atomic mass is 32.2. The topological polar surface area (TPSA) is 138 Å². The Labute approximate surface area is 195 Å². The minimum absolute atomic E-state index is 0.0174. The van der Waals surface area contributed by atoms with Crippen LogP contribution < -0.4 is 16.1 Å². The van der Waals surface area contributed by atoms with Crippen molar-refractivity contribution in [3.8, 4) is 0 Å². The first-order valence-corrected chi connectivity index (χ1v) is 12.1. The maximum absolute atomic E-state index is 13.0. The van der Waals surface area contributed by atoms with Crippen LogP contribution in [-0.2, 0) is 39.7 Å². The van der Waals surface area contributed by atoms with E-state index in [4.69, 9.17) is 8.92 Å². The Morgan fingerprint density at radius 2 is 1.76 bits per heavy atom. The van der Waals surface area contributed by atoms with Crippen molar-refractivity contribution in [1.82, 2.24) is 18.7 Å². The fraction of sp³-hybridized carbons (Fsp3) is 0.476. The fourth-order valence-electron chi connectivity index (χ4n) is 3.82. The van der Waals surface area contributed by atoms with Crippen LogP contribution in [0.25, 0.3) is 11.2 Å². The third-order valence-electron chi connectivity index (χ3n) is 5.74. The quantitative estimate of drug-likeness (QED) is 0.425. The summed E-state index contributed by atoms with van der Waals surface area (Å²) >= 11 is 0. The van der Waals surface area contributed by atoms with Crippen molar-refractivity contribution in [3.05, 3.63) is 50.7 Å². The fourth-order valence-corrected chi connectivity index (χ4v) is 4.76. The van der Waals surface area contributed by atoms with Gasteiger partial charge in [-0.15, -0.1) is 0 Å². The van der Waals surface area contributed by atoms with Gasteiger partial charge in [-0.2, -0.15) is 13.4 Å². The van der Waals surface area contributed by atoms with E-state index in [9.17, 15) is 23.1 Å². The molecule has 4 rings (SSSR count). The number of nitrogens with zero attached hydrogens (tertiary/aromatic N) is 5. The van der Waals surface area contributed by atoms with Crippen molar-refractivity contribution in [2.75, 3.05) is 37.8 Å². The van der Waals surface area contributed by atoms with Gasteiger partial charge >= 0.3 is 5.69 Å². The normalized spacial score (nSPS) is 15.7. The molecule has 3 heterocycles. The summed E-state index contributed by atoms with van der Waals surface area (Å²) in [4.78, 5) is 31.8. The average Bonchev–Trinajstić information content (AvgIpc) is 3.20. The SMILES string of the molecule is Cc1ccc(S(=O)(=O)OCC(O)Cn2c(N3CCOCC3)nc3c2c(=O)n(C)c(=O)n3C)cc1. The Bertz CT molecular complexity index is 1420. The van der Waals surface area contributed by atoms with Crippen LogP contribution in [0.1, 0.15) is 5.56 Å². The summed E-state index contributed by atoms with van der Waals surface area (Å²) in [5.74, 6) is 0.386. The molecule has 0 bridgehead atoms. The van der Waals surface area contributed by atoms with E-state index >= 15 is 0 Å². The molecule has 0 spiro atoms. The highest BCUT2D eigenvalue weighted by molar-refractivity contribution is 7.86. The Kier molecular flexibility index (Phi) is 6.62. The Morgan fingerprint density at radius 1 is 1.12 bits per heavy atom. The number of rotatable bonds is 7. The maximum atomic E-state index is 13.0. The Morgan fingerprint density at radius 3 is 2.41 bits per heavy atom. The molecule has 13 heteroatoms. The number of aryl methyl sites for hydroxylation is 2. The van der Waals surface area contributed by atoms with Gasteiger partial charge in [0.25, 0.3) is 15.7 Å². The number of morpholine rings is 1. The highest BCUT2D eigenvalue weighted by Crippen LogP contribution is 2.22. The van der Waals surface area contributed by atoms with E-state index in [0.717, 1.165) is 10.1 Å². The molecule has 1 aliphatic heterocycles. The molecule has 12 nitrogen and oxygen atoms in total. The molecular formula is C21H27N5O7S. The molecule has 34 heavy (non-hydrogen) atoms. The lowest BCUT2D eigenvalue weighted by molar-refractivity contribution is 0.0954. The molecule has 1 fully saturated rings. The van der Waals surface area contributed by atoms with Gasteiger partial charge in [-0.05, 0) is 19.1 Å². The van der Waals surface area contributed by atoms with Gasteiger partial charge in [-0.1, -0.05) is 17.7 Å². The first kappa shape index (κ1) is 24.1. The minimum Gasteiger partial charge on any atom is -0.389 e. The van der Waals surface area contributed by atoms with Crippen LogP contribution in [0.15, 0.2) is 38.8 Å². The largest absolute Gasteiger partial charge is 0.389 e. The molecule has 2 aromatic heterocycles. The first-order valence-electron chi connectivity index (χ1n) is 10.7. The van der Waals surface area contributed by atoms with E-state index in [1.54, 1.807) is 12.1 Å². The highest BCUT2D eigenvalue weighted by Gasteiger charge is 2.26. The molecule has 0 radical (unpaired) electrons. The first-order chi connectivity index (χ1) is 16.1. The number of aliphatic hydroxyl groups excluding tert-OH is 1. The monoisotopic (exact) mass is 493 g/mol. The predicted molar refractivity (Wildman–Crippen MR) is 124 cm³/mol. The lowest BCUT2D eigenvalue weighted by Crippen LogP contribution is -2.39. The van der Waals surface area contributed by atoms with Crippen LogP contribution in [0.2, 0.25) is 0 Å². The molecule has 1 unspecified atom stereocenters. The van der Waals surface area contributed by atoms with Crippen LogP contribution >= 0.6 is 0 Å². The average molecular weight is 494 g/mol. The van der Waals surface area contributed by atoms with E-state index in [0.29, 0.717) is 32.3 Å². The van der Waals surface area contributed by atoms with Gasteiger partial charge in [-0.3, -0.25) is 18.1 Å². The lowest BCUT2D eigenvalue weighted by Gasteiger charge is -2.28. The van der Waals surface area contributed by atoms with E-state index in [-0.39, 0.29) is 22.6 Å². The van der Waals surface area contributed by atoms with Crippen LogP contribution in [-0.4, -0.2) is 71.2 Å². The van der Waals surface area contributed by atoms with Crippen molar-refractivity contribution in [2.24, 2.45) is 14.1 Å². The molecule has 0 amide bonds. The van der Waals surface area contributed by atoms with E-state index in [2.05, 4.69) is 4.98 Å². The van der Waals surface area contributed by atoms with Gasteiger partial charge in [0.2, 0.25) is 5.95 Å². The summed E-state index contributed by atoms with van der Waals surface area (Å²) in [6, 6.07) is 6.17. The second-order valence-electron chi connectivity index (χ2n) is 8.21. The van der Waals surface area contributed by atoms with E-state index in [1.165, 1.54) is 35.4 Å². The lowest BCUT2D eigenvalue weighted by atomic mass is 10.2. The summed E-state index contributed by atoms with van der Waals surface area (Å²) in [7, 11) is -1.20. The van der Waals surface area contributed by atoms with Gasteiger partial charge in [0, 0.05) is 27.2 Å². The van der Waals surface area contributed by atoms with Crippen molar-refractivity contribution >= 4 is 27.2 Å². The second-order valence-corrected chi connectivity index (χ2v) is 9.82. The van der Waals surface area contributed by atoms with Crippen molar-refractivity contribution in [3.63, 3.8) is 0 Å². The molecule has 3 aromatic rings. The molecule has 1 N–H and O–H groups in total. The van der Waals surface area contributed by atoms with Crippen LogP contribution in [0.5, 0.6) is 0 Å². The number of hydrogen-bond donors (Lipinski definition) is 1. The van der Waals surface area contributed by atoms with Crippen LogP contribution in [0.4, 0.5) is 5.95 Å². The van der Waals surface area contributed by atoms with Crippen molar-refractivity contribution in [2.45, 2.75) is 24.5 Å². The van der Waals surface area contributed by atoms with Crippen LogP contribution in [0, 0.1) is 6.92 Å².